The van der Waals surface area contributed by atoms with Gasteiger partial charge in [-0.3, -0.25) is 10.1 Å². The van der Waals surface area contributed by atoms with Gasteiger partial charge in [0.25, 0.3) is 5.69 Å². The maximum atomic E-state index is 12.2. The Hall–Kier alpha value is -2.46. The van der Waals surface area contributed by atoms with Crippen LogP contribution in [-0.2, 0) is 16.6 Å². The minimum atomic E-state index is -3.97. The molecule has 0 atom stereocenters. The van der Waals surface area contributed by atoms with Gasteiger partial charge in [-0.2, -0.15) is 0 Å². The van der Waals surface area contributed by atoms with Crippen LogP contribution >= 0.6 is 0 Å². The van der Waals surface area contributed by atoms with E-state index in [1.165, 1.54) is 25.4 Å². The topological polar surface area (TPSA) is 127 Å². The lowest BCUT2D eigenvalue weighted by atomic mass is 10.3. The lowest BCUT2D eigenvalue weighted by Gasteiger charge is -2.09. The smallest absolute Gasteiger partial charge is 0.271 e. The average Bonchev–Trinajstić information content (AvgIpc) is 2.98. The number of nitrogens with one attached hydrogen (secondary N) is 2. The van der Waals surface area contributed by atoms with Crippen LogP contribution in [0.4, 0.5) is 5.69 Å². The number of sulfonamides is 1. The van der Waals surface area contributed by atoms with Gasteiger partial charge in [0.05, 0.1) is 18.6 Å². The van der Waals surface area contributed by atoms with Crippen molar-refractivity contribution < 1.29 is 18.1 Å². The number of imidazole rings is 1. The minimum absolute atomic E-state index is 0.0209. The largest absolute Gasteiger partial charge is 0.495 e. The van der Waals surface area contributed by atoms with Crippen LogP contribution in [-0.4, -0.2) is 30.4 Å². The van der Waals surface area contributed by atoms with E-state index in [9.17, 15) is 18.5 Å². The monoisotopic (exact) mass is 312 g/mol. The molecule has 0 amide bonds. The standard InChI is InChI=1S/C11H12N4O5S/c1-20-9-3-2-8(15(16)17)6-10(9)21(18,19)14-7-11-12-4-5-13-11/h2-6,14H,7H2,1H3,(H,12,13). The predicted molar refractivity (Wildman–Crippen MR) is 72.3 cm³/mol. The van der Waals surface area contributed by atoms with Crippen LogP contribution in [0.3, 0.4) is 0 Å². The summed E-state index contributed by atoms with van der Waals surface area (Å²) in [6, 6.07) is 3.35. The molecule has 112 valence electrons. The molecule has 0 unspecified atom stereocenters. The number of benzene rings is 1. The first kappa shape index (κ1) is 14.9. The van der Waals surface area contributed by atoms with E-state index < -0.39 is 14.9 Å². The Labute approximate surface area is 120 Å². The second-order valence-electron chi connectivity index (χ2n) is 3.95. The first-order valence-electron chi connectivity index (χ1n) is 5.74. The molecule has 0 bridgehead atoms. The van der Waals surface area contributed by atoms with E-state index in [1.54, 1.807) is 6.20 Å². The lowest BCUT2D eigenvalue weighted by Crippen LogP contribution is -2.24. The van der Waals surface area contributed by atoms with Gasteiger partial charge >= 0.3 is 0 Å². The maximum absolute atomic E-state index is 12.2. The molecule has 9 nitrogen and oxygen atoms in total. The molecule has 2 aromatic rings. The van der Waals surface area contributed by atoms with Gasteiger partial charge in [0.1, 0.15) is 16.5 Å². The molecule has 0 aliphatic carbocycles. The van der Waals surface area contributed by atoms with Crippen molar-refractivity contribution in [1.29, 1.82) is 0 Å². The summed E-state index contributed by atoms with van der Waals surface area (Å²) < 4.78 is 31.7. The molecule has 0 radical (unpaired) electrons. The summed E-state index contributed by atoms with van der Waals surface area (Å²) in [7, 11) is -2.69. The second kappa shape index (κ2) is 5.89. The minimum Gasteiger partial charge on any atom is -0.495 e. The highest BCUT2D eigenvalue weighted by Crippen LogP contribution is 2.27. The molecule has 0 spiro atoms. The van der Waals surface area contributed by atoms with Crippen molar-refractivity contribution in [3.8, 4) is 5.75 Å². The summed E-state index contributed by atoms with van der Waals surface area (Å²) in [5.74, 6) is 0.440. The number of nitrogens with zero attached hydrogens (tertiary/aromatic N) is 2. The molecule has 0 fully saturated rings. The summed E-state index contributed by atoms with van der Waals surface area (Å²) >= 11 is 0. The Morgan fingerprint density at radius 2 is 2.24 bits per heavy atom. The third-order valence-electron chi connectivity index (χ3n) is 2.63. The van der Waals surface area contributed by atoms with Crippen molar-refractivity contribution in [1.82, 2.24) is 14.7 Å². The van der Waals surface area contributed by atoms with Crippen molar-refractivity contribution in [2.24, 2.45) is 0 Å². The van der Waals surface area contributed by atoms with Crippen molar-refractivity contribution in [3.63, 3.8) is 0 Å². The van der Waals surface area contributed by atoms with Crippen LogP contribution in [0.5, 0.6) is 5.75 Å². The number of nitro groups is 1. The summed E-state index contributed by atoms with van der Waals surface area (Å²) in [6.07, 6.45) is 3.04. The molecule has 21 heavy (non-hydrogen) atoms. The zero-order chi connectivity index (χ0) is 15.5. The van der Waals surface area contributed by atoms with Crippen molar-refractivity contribution in [2.45, 2.75) is 11.4 Å². The highest BCUT2D eigenvalue weighted by Gasteiger charge is 2.23. The Morgan fingerprint density at radius 3 is 2.81 bits per heavy atom. The van der Waals surface area contributed by atoms with Crippen LogP contribution in [0, 0.1) is 10.1 Å². The number of ether oxygens (including phenoxy) is 1. The Bertz CT molecular complexity index is 742. The van der Waals surface area contributed by atoms with E-state index in [2.05, 4.69) is 14.7 Å². The van der Waals surface area contributed by atoms with Crippen LogP contribution in [0.15, 0.2) is 35.5 Å². The van der Waals surface area contributed by atoms with E-state index >= 15 is 0 Å². The number of H-pyrrole nitrogens is 1. The molecule has 10 heteroatoms. The van der Waals surface area contributed by atoms with Gasteiger partial charge in [0, 0.05) is 24.5 Å². The zero-order valence-electron chi connectivity index (χ0n) is 10.9. The van der Waals surface area contributed by atoms with E-state index in [0.717, 1.165) is 6.07 Å². The molecule has 1 aromatic carbocycles. The average molecular weight is 312 g/mol. The fourth-order valence-corrected chi connectivity index (χ4v) is 2.80. The van der Waals surface area contributed by atoms with Gasteiger partial charge in [-0.1, -0.05) is 0 Å². The molecule has 2 N–H and O–H groups in total. The summed E-state index contributed by atoms with van der Waals surface area (Å²) in [5, 5.41) is 10.8. The predicted octanol–water partition coefficient (Wildman–Crippen LogP) is 0.805. The van der Waals surface area contributed by atoms with Gasteiger partial charge in [-0.25, -0.2) is 18.1 Å². The van der Waals surface area contributed by atoms with Crippen molar-refractivity contribution in [3.05, 3.63) is 46.5 Å². The first-order valence-corrected chi connectivity index (χ1v) is 7.22. The van der Waals surface area contributed by atoms with Gasteiger partial charge in [-0.05, 0) is 6.07 Å². The molecular weight excluding hydrogens is 300 g/mol. The van der Waals surface area contributed by atoms with Crippen LogP contribution in [0.2, 0.25) is 0 Å². The molecule has 1 aromatic heterocycles. The van der Waals surface area contributed by atoms with E-state index in [1.807, 2.05) is 0 Å². The zero-order valence-corrected chi connectivity index (χ0v) is 11.8. The Kier molecular flexibility index (Phi) is 4.19. The van der Waals surface area contributed by atoms with E-state index in [-0.39, 0.29) is 22.9 Å². The maximum Gasteiger partial charge on any atom is 0.271 e. The number of hydrogen-bond donors (Lipinski definition) is 2. The SMILES string of the molecule is COc1ccc([N+](=O)[O-])cc1S(=O)(=O)NCc1ncc[nH]1. The Balaban J connectivity index is 2.33. The van der Waals surface area contributed by atoms with Gasteiger partial charge in [0.2, 0.25) is 10.0 Å². The molecule has 0 aliphatic heterocycles. The van der Waals surface area contributed by atoms with Gasteiger partial charge in [0.15, 0.2) is 0 Å². The highest BCUT2D eigenvalue weighted by molar-refractivity contribution is 7.89. The molecular formula is C11H12N4O5S. The number of aromatic amines is 1. The quantitative estimate of drug-likeness (QED) is 0.600. The van der Waals surface area contributed by atoms with Gasteiger partial charge < -0.3 is 9.72 Å². The normalized spacial score (nSPS) is 11.3. The highest BCUT2D eigenvalue weighted by atomic mass is 32.2. The third kappa shape index (κ3) is 3.35. The fraction of sp³-hybridized carbons (Fsp3) is 0.182. The van der Waals surface area contributed by atoms with Crippen LogP contribution in [0.25, 0.3) is 0 Å². The lowest BCUT2D eigenvalue weighted by molar-refractivity contribution is -0.385. The summed E-state index contributed by atoms with van der Waals surface area (Å²) in [5.41, 5.74) is -0.339. The summed E-state index contributed by atoms with van der Waals surface area (Å²) in [6.45, 7) is -0.0683. The number of non-ortho nitro benzene ring substituents is 1. The van der Waals surface area contributed by atoms with Crippen molar-refractivity contribution >= 4 is 15.7 Å². The van der Waals surface area contributed by atoms with Crippen LogP contribution in [0.1, 0.15) is 5.82 Å². The fourth-order valence-electron chi connectivity index (χ4n) is 1.62. The molecule has 2 rings (SSSR count). The molecule has 1 heterocycles. The number of aromatic nitrogens is 2. The van der Waals surface area contributed by atoms with Crippen LogP contribution < -0.4 is 9.46 Å². The molecule has 0 saturated carbocycles. The number of hydrogen-bond acceptors (Lipinski definition) is 6. The second-order valence-corrected chi connectivity index (χ2v) is 5.69. The molecule has 0 saturated heterocycles. The number of rotatable bonds is 6. The van der Waals surface area contributed by atoms with E-state index in [0.29, 0.717) is 5.82 Å². The number of methoxy groups -OCH3 is 1. The number of nitro benzene ring substituents is 1. The van der Waals surface area contributed by atoms with Gasteiger partial charge in [-0.15, -0.1) is 0 Å². The Morgan fingerprint density at radius 1 is 1.48 bits per heavy atom. The van der Waals surface area contributed by atoms with E-state index in [4.69, 9.17) is 4.74 Å². The summed E-state index contributed by atoms with van der Waals surface area (Å²) in [4.78, 5) is 16.4. The third-order valence-corrected chi connectivity index (χ3v) is 4.05. The first-order chi connectivity index (χ1) is 9.94. The molecule has 0 aliphatic rings. The van der Waals surface area contributed by atoms with Crippen molar-refractivity contribution in [2.75, 3.05) is 7.11 Å².